The van der Waals surface area contributed by atoms with Crippen LogP contribution < -0.4 is 20.9 Å². The molecule has 0 spiro atoms. The van der Waals surface area contributed by atoms with E-state index in [-0.39, 0.29) is 24.4 Å². The van der Waals surface area contributed by atoms with Crippen LogP contribution in [0.3, 0.4) is 0 Å². The van der Waals surface area contributed by atoms with Gasteiger partial charge in [0, 0.05) is 42.2 Å². The lowest BCUT2D eigenvalue weighted by Crippen LogP contribution is -2.47. The molecule has 0 aliphatic carbocycles. The molecular formula is C27H31N5O6. The van der Waals surface area contributed by atoms with Gasteiger partial charge in [-0.3, -0.25) is 19.2 Å². The highest BCUT2D eigenvalue weighted by Gasteiger charge is 2.34. The number of amides is 2. The van der Waals surface area contributed by atoms with Gasteiger partial charge in [-0.1, -0.05) is 19.1 Å². The van der Waals surface area contributed by atoms with Gasteiger partial charge in [-0.05, 0) is 43.1 Å². The molecule has 0 bridgehead atoms. The minimum absolute atomic E-state index is 0.0546. The van der Waals surface area contributed by atoms with Gasteiger partial charge in [0.15, 0.2) is 0 Å². The number of hydrogen-bond acceptors (Lipinski definition) is 7. The van der Waals surface area contributed by atoms with Crippen LogP contribution in [0, 0.1) is 5.92 Å². The summed E-state index contributed by atoms with van der Waals surface area (Å²) in [5, 5.41) is 6.59. The van der Waals surface area contributed by atoms with E-state index in [9.17, 15) is 24.0 Å². The third-order valence-electron chi connectivity index (χ3n) is 6.52. The number of aromatic nitrogens is 2. The number of aldehydes is 1. The van der Waals surface area contributed by atoms with Crippen LogP contribution in [0.15, 0.2) is 47.4 Å². The molecule has 1 fully saturated rings. The van der Waals surface area contributed by atoms with Gasteiger partial charge in [0.2, 0.25) is 5.78 Å². The van der Waals surface area contributed by atoms with Crippen molar-refractivity contribution >= 4 is 34.8 Å². The first-order chi connectivity index (χ1) is 18.3. The normalized spacial score (nSPS) is 14.9. The average Bonchev–Trinajstić information content (AvgIpc) is 3.68. The fraction of sp³-hybridized carbons (Fsp3) is 0.370. The average molecular weight is 522 g/mol. The van der Waals surface area contributed by atoms with Crippen molar-refractivity contribution in [3.05, 3.63) is 64.2 Å². The Kier molecular flexibility index (Phi) is 8.37. The quantitative estimate of drug-likeness (QED) is 0.147. The zero-order valence-corrected chi connectivity index (χ0v) is 21.3. The van der Waals surface area contributed by atoms with Gasteiger partial charge >= 0.3 is 0 Å². The molecule has 1 unspecified atom stereocenters. The Morgan fingerprint density at radius 1 is 1.18 bits per heavy atom. The van der Waals surface area contributed by atoms with Crippen LogP contribution in [0.2, 0.25) is 0 Å². The van der Waals surface area contributed by atoms with Gasteiger partial charge in [-0.2, -0.15) is 0 Å². The zero-order chi connectivity index (χ0) is 27.2. The first-order valence-corrected chi connectivity index (χ1v) is 12.5. The largest absolute Gasteiger partial charge is 0.496 e. The highest BCUT2D eigenvalue weighted by atomic mass is 16.5. The number of fused-ring (bicyclic) bond motifs is 1. The predicted molar refractivity (Wildman–Crippen MR) is 140 cm³/mol. The first kappa shape index (κ1) is 26.8. The van der Waals surface area contributed by atoms with E-state index in [1.54, 1.807) is 31.4 Å². The Balaban J connectivity index is 1.37. The van der Waals surface area contributed by atoms with Crippen molar-refractivity contribution in [2.24, 2.45) is 5.92 Å². The van der Waals surface area contributed by atoms with Crippen LogP contribution in [0.1, 0.15) is 29.4 Å². The number of carbonyl (C=O) groups excluding carboxylic acids is 4. The van der Waals surface area contributed by atoms with Crippen LogP contribution in [-0.2, 0) is 20.8 Å². The number of ether oxygens (including phenoxy) is 1. The molecule has 200 valence electrons. The summed E-state index contributed by atoms with van der Waals surface area (Å²) in [6.07, 6.45) is 2.53. The summed E-state index contributed by atoms with van der Waals surface area (Å²) in [4.78, 5) is 69.0. The molecular weight excluding hydrogens is 490 g/mol. The lowest BCUT2D eigenvalue weighted by molar-refractivity contribution is -0.142. The number of hydrogen-bond donors (Lipinski definition) is 4. The van der Waals surface area contributed by atoms with Gasteiger partial charge in [-0.15, -0.1) is 0 Å². The number of benzene rings is 1. The summed E-state index contributed by atoms with van der Waals surface area (Å²) in [7, 11) is 1.55. The maximum absolute atomic E-state index is 12.9. The second-order valence-electron chi connectivity index (χ2n) is 9.51. The molecule has 1 aliphatic rings. The molecule has 2 amide bonds. The van der Waals surface area contributed by atoms with Gasteiger partial charge in [0.25, 0.3) is 17.4 Å². The lowest BCUT2D eigenvalue weighted by Gasteiger charge is -2.22. The maximum Gasteiger partial charge on any atom is 0.291 e. The molecule has 3 heterocycles. The molecule has 4 N–H and O–H groups in total. The number of rotatable bonds is 13. The van der Waals surface area contributed by atoms with E-state index in [0.717, 1.165) is 10.9 Å². The number of pyridine rings is 1. The van der Waals surface area contributed by atoms with Crippen LogP contribution in [-0.4, -0.2) is 77.6 Å². The molecule has 1 aromatic carbocycles. The van der Waals surface area contributed by atoms with E-state index in [0.29, 0.717) is 42.8 Å². The molecule has 0 saturated carbocycles. The molecule has 3 aromatic rings. The molecule has 2 aromatic heterocycles. The van der Waals surface area contributed by atoms with E-state index in [4.69, 9.17) is 4.74 Å². The molecule has 0 radical (unpaired) electrons. The van der Waals surface area contributed by atoms with Crippen LogP contribution in [0.4, 0.5) is 0 Å². The van der Waals surface area contributed by atoms with Crippen molar-refractivity contribution in [1.82, 2.24) is 25.5 Å². The number of ketones is 1. The van der Waals surface area contributed by atoms with E-state index in [2.05, 4.69) is 20.6 Å². The van der Waals surface area contributed by atoms with E-state index in [1.165, 1.54) is 11.1 Å². The van der Waals surface area contributed by atoms with Crippen molar-refractivity contribution in [3.63, 3.8) is 0 Å². The smallest absolute Gasteiger partial charge is 0.291 e. The number of H-pyrrole nitrogens is 2. The third-order valence-corrected chi connectivity index (χ3v) is 6.52. The van der Waals surface area contributed by atoms with Gasteiger partial charge < -0.3 is 35.0 Å². The van der Waals surface area contributed by atoms with Crippen LogP contribution >= 0.6 is 0 Å². The molecule has 11 nitrogen and oxygen atoms in total. The first-order valence-electron chi connectivity index (χ1n) is 12.5. The molecule has 38 heavy (non-hydrogen) atoms. The van der Waals surface area contributed by atoms with E-state index >= 15 is 0 Å². The summed E-state index contributed by atoms with van der Waals surface area (Å²) in [6, 6.07) is 8.72. The summed E-state index contributed by atoms with van der Waals surface area (Å²) in [6.45, 7) is 3.25. The monoisotopic (exact) mass is 521 g/mol. The maximum atomic E-state index is 12.9. The van der Waals surface area contributed by atoms with Gasteiger partial charge in [0.05, 0.1) is 19.2 Å². The zero-order valence-electron chi connectivity index (χ0n) is 21.3. The second kappa shape index (κ2) is 11.9. The van der Waals surface area contributed by atoms with E-state index < -0.39 is 29.7 Å². The number of carbonyl (C=O) groups is 4. The molecule has 11 heteroatoms. The Bertz CT molecular complexity index is 1390. The minimum Gasteiger partial charge on any atom is -0.496 e. The Morgan fingerprint density at radius 2 is 1.97 bits per heavy atom. The van der Waals surface area contributed by atoms with Crippen LogP contribution in [0.5, 0.6) is 5.75 Å². The Hall–Kier alpha value is -4.25. The highest BCUT2D eigenvalue weighted by molar-refractivity contribution is 6.38. The summed E-state index contributed by atoms with van der Waals surface area (Å²) < 4.78 is 5.33. The van der Waals surface area contributed by atoms with Crippen molar-refractivity contribution in [2.45, 2.75) is 31.8 Å². The van der Waals surface area contributed by atoms with Crippen LogP contribution in [0.25, 0.3) is 10.9 Å². The predicted octanol–water partition coefficient (Wildman–Crippen LogP) is 0.800. The fourth-order valence-electron chi connectivity index (χ4n) is 4.34. The number of nitrogens with zero attached hydrogens (tertiary/aromatic N) is 1. The van der Waals surface area contributed by atoms with Crippen molar-refractivity contribution in [3.8, 4) is 5.75 Å². The lowest BCUT2D eigenvalue weighted by atomic mass is 9.99. The molecule has 1 aliphatic heterocycles. The van der Waals surface area contributed by atoms with Crippen molar-refractivity contribution in [2.75, 3.05) is 26.7 Å². The summed E-state index contributed by atoms with van der Waals surface area (Å²) in [5.74, 6) is -1.12. The molecule has 1 saturated heterocycles. The highest BCUT2D eigenvalue weighted by Crippen LogP contribution is 2.26. The molecule has 3 atom stereocenters. The van der Waals surface area contributed by atoms with Gasteiger partial charge in [0.1, 0.15) is 17.7 Å². The van der Waals surface area contributed by atoms with Crippen molar-refractivity contribution in [1.29, 1.82) is 0 Å². The fourth-order valence-corrected chi connectivity index (χ4v) is 4.34. The summed E-state index contributed by atoms with van der Waals surface area (Å²) in [5.41, 5.74) is 1.10. The summed E-state index contributed by atoms with van der Waals surface area (Å²) >= 11 is 0. The topological polar surface area (TPSA) is 153 Å². The Labute approximate surface area is 218 Å². The Morgan fingerprint density at radius 3 is 2.66 bits per heavy atom. The number of nitrogens with one attached hydrogen (secondary N) is 4. The number of methoxy groups -OCH3 is 1. The third kappa shape index (κ3) is 6.35. The standard InChI is InChI=1S/C27H31N5O6/c1-16(11-18(15-33)30-26(36)22-13-19-20(31-22)6-3-7-23(19)38-2)14-29-21(24(34)27(37)32-9-10-32)12-17-5-4-8-28-25(17)35/h3-8,13,15-16,18,21,29,31H,9-12,14H2,1-2H3,(H,28,35)(H,30,36)/t16-,18?,21-/m0/s1. The molecule has 4 rings (SSSR count). The van der Waals surface area contributed by atoms with Gasteiger partial charge in [-0.25, -0.2) is 0 Å². The number of Topliss-reactive ketones (excluding diaryl/α,β-unsaturated/α-hetero) is 1. The SMILES string of the molecule is COc1cccc2[nH]c(C(=O)NC(C=O)C[C@H](C)CN[C@@H](Cc3ccc[nH]c3=O)C(=O)C(=O)N3CC3)cc12. The van der Waals surface area contributed by atoms with Crippen molar-refractivity contribution < 1.29 is 23.9 Å². The minimum atomic E-state index is -0.889. The number of aromatic amines is 2. The second-order valence-corrected chi connectivity index (χ2v) is 9.51. The van der Waals surface area contributed by atoms with E-state index in [1.807, 2.05) is 19.1 Å².